The lowest BCUT2D eigenvalue weighted by Crippen LogP contribution is -2.04. The van der Waals surface area contributed by atoms with Crippen molar-refractivity contribution >= 4 is 35.9 Å². The Balaban J connectivity index is 1.39. The van der Waals surface area contributed by atoms with Crippen LogP contribution in [0.2, 0.25) is 0 Å². The number of benzene rings is 3. The Labute approximate surface area is 269 Å². The van der Waals surface area contributed by atoms with Crippen molar-refractivity contribution in [3.05, 3.63) is 115 Å². The molecule has 3 rings (SSSR count). The van der Waals surface area contributed by atoms with Crippen molar-refractivity contribution in [3.8, 4) is 17.2 Å². The van der Waals surface area contributed by atoms with Gasteiger partial charge in [0.1, 0.15) is 17.2 Å². The molecule has 0 aromatic heterocycles. The van der Waals surface area contributed by atoms with Crippen LogP contribution in [-0.4, -0.2) is 50.6 Å². The Bertz CT molecular complexity index is 1510. The molecule has 240 valence electrons. The number of rotatable bonds is 19. The maximum Gasteiger partial charge on any atom is 0.336 e. The smallest absolute Gasteiger partial charge is 0.336 e. The van der Waals surface area contributed by atoms with Crippen LogP contribution in [0.15, 0.2) is 103 Å². The van der Waals surface area contributed by atoms with Gasteiger partial charge in [0.05, 0.1) is 32.1 Å². The fourth-order valence-corrected chi connectivity index (χ4v) is 3.87. The highest BCUT2D eigenvalue weighted by atomic mass is 16.5. The molecule has 46 heavy (non-hydrogen) atoms. The molecule has 3 aromatic carbocycles. The summed E-state index contributed by atoms with van der Waals surface area (Å²) >= 11 is 0. The van der Waals surface area contributed by atoms with Crippen LogP contribution in [-0.2, 0) is 23.9 Å². The van der Waals surface area contributed by atoms with Crippen LogP contribution < -0.4 is 14.2 Å². The second-order valence-electron chi connectivity index (χ2n) is 9.95. The predicted octanol–water partition coefficient (Wildman–Crippen LogP) is 7.14. The van der Waals surface area contributed by atoms with E-state index in [4.69, 9.17) is 23.7 Å². The molecule has 0 aliphatic carbocycles. The number of aliphatic imine (C=N–C) groups is 1. The molecule has 0 bridgehead atoms. The molecule has 0 heterocycles. The number of nitrogens with zero attached hydrogens (tertiary/aromatic N) is 1. The van der Waals surface area contributed by atoms with Gasteiger partial charge in [-0.2, -0.15) is 0 Å². The van der Waals surface area contributed by atoms with Gasteiger partial charge < -0.3 is 23.7 Å². The van der Waals surface area contributed by atoms with Crippen LogP contribution in [0.5, 0.6) is 17.2 Å². The van der Waals surface area contributed by atoms with Gasteiger partial charge in [-0.1, -0.05) is 25.3 Å². The predicted molar refractivity (Wildman–Crippen MR) is 178 cm³/mol. The van der Waals surface area contributed by atoms with Gasteiger partial charge >= 0.3 is 17.9 Å². The Hall–Kier alpha value is -5.44. The van der Waals surface area contributed by atoms with E-state index in [1.165, 1.54) is 6.08 Å². The van der Waals surface area contributed by atoms with Crippen molar-refractivity contribution in [3.63, 3.8) is 0 Å². The second kappa shape index (κ2) is 19.8. The summed E-state index contributed by atoms with van der Waals surface area (Å²) in [5.41, 5.74) is 3.35. The fraction of sp³-hybridized carbons (Fsp3) is 0.243. The van der Waals surface area contributed by atoms with Crippen LogP contribution >= 0.6 is 0 Å². The minimum absolute atomic E-state index is 0.334. The molecule has 0 saturated heterocycles. The molecule has 0 amide bonds. The summed E-state index contributed by atoms with van der Waals surface area (Å²) in [6.07, 6.45) is 10.0. The van der Waals surface area contributed by atoms with Gasteiger partial charge in [-0.05, 0) is 110 Å². The monoisotopic (exact) mass is 625 g/mol. The summed E-state index contributed by atoms with van der Waals surface area (Å²) in [4.78, 5) is 39.0. The molecule has 9 heteroatoms. The molecular formula is C37H39NO8. The molecule has 9 nitrogen and oxygen atoms in total. The van der Waals surface area contributed by atoms with E-state index in [0.29, 0.717) is 50.8 Å². The molecule has 0 radical (unpaired) electrons. The number of carbonyl (C=O) groups excluding carboxylic acids is 3. The molecule has 0 fully saturated rings. The number of ether oxygens (including phenoxy) is 5. The molecular weight excluding hydrogens is 586 g/mol. The first kappa shape index (κ1) is 35.0. The van der Waals surface area contributed by atoms with Gasteiger partial charge in [0.25, 0.3) is 0 Å². The first-order chi connectivity index (χ1) is 22.4. The topological polar surface area (TPSA) is 110 Å². The summed E-state index contributed by atoms with van der Waals surface area (Å²) in [6.45, 7) is 10.3. The third kappa shape index (κ3) is 13.5. The fourth-order valence-electron chi connectivity index (χ4n) is 3.87. The molecule has 0 atom stereocenters. The normalized spacial score (nSPS) is 10.8. The lowest BCUT2D eigenvalue weighted by molar-refractivity contribution is -0.138. The zero-order valence-electron chi connectivity index (χ0n) is 26.0. The lowest BCUT2D eigenvalue weighted by atomic mass is 10.2. The zero-order chi connectivity index (χ0) is 33.0. The van der Waals surface area contributed by atoms with Gasteiger partial charge in [-0.3, -0.25) is 4.99 Å². The maximum atomic E-state index is 12.4. The van der Waals surface area contributed by atoms with Crippen LogP contribution in [0.3, 0.4) is 0 Å². The molecule has 0 N–H and O–H groups in total. The van der Waals surface area contributed by atoms with Gasteiger partial charge in [0, 0.05) is 24.4 Å². The molecule has 0 unspecified atom stereocenters. The minimum Gasteiger partial charge on any atom is -0.494 e. The highest BCUT2D eigenvalue weighted by Gasteiger charge is 2.05. The van der Waals surface area contributed by atoms with E-state index in [9.17, 15) is 14.4 Å². The van der Waals surface area contributed by atoms with Crippen molar-refractivity contribution < 1.29 is 38.1 Å². The van der Waals surface area contributed by atoms with Crippen molar-refractivity contribution in [2.75, 3.05) is 26.4 Å². The number of unbranched alkanes of at least 4 members (excludes halogenated alkanes) is 2. The number of esters is 3. The number of aryl methyl sites for hydroxylation is 1. The van der Waals surface area contributed by atoms with Crippen molar-refractivity contribution in [1.82, 2.24) is 0 Å². The van der Waals surface area contributed by atoms with E-state index < -0.39 is 17.9 Å². The Morgan fingerprint density at radius 3 is 1.67 bits per heavy atom. The SMILES string of the molecule is C=CC(=O)OCCCCOc1ccc(/C=C/C(=O)Oc2ccc(/N=C/c3ccc(OCCCCOC(=O)C=C)cc3)c(C)c2)cc1. The van der Waals surface area contributed by atoms with Crippen molar-refractivity contribution in [2.45, 2.75) is 32.6 Å². The maximum absolute atomic E-state index is 12.4. The van der Waals surface area contributed by atoms with Crippen LogP contribution in [0.4, 0.5) is 5.69 Å². The number of carbonyl (C=O) groups is 3. The number of hydrogen-bond acceptors (Lipinski definition) is 9. The summed E-state index contributed by atoms with van der Waals surface area (Å²) in [5.74, 6) is 0.545. The first-order valence-electron chi connectivity index (χ1n) is 14.9. The van der Waals surface area contributed by atoms with E-state index in [1.54, 1.807) is 30.5 Å². The van der Waals surface area contributed by atoms with Crippen molar-refractivity contribution in [1.29, 1.82) is 0 Å². The number of hydrogen-bond donors (Lipinski definition) is 0. The summed E-state index contributed by atoms with van der Waals surface area (Å²) < 4.78 is 26.8. The van der Waals surface area contributed by atoms with Crippen LogP contribution in [0.1, 0.15) is 42.4 Å². The van der Waals surface area contributed by atoms with Gasteiger partial charge in [0.2, 0.25) is 0 Å². The summed E-state index contributed by atoms with van der Waals surface area (Å²) in [6, 6.07) is 20.2. The van der Waals surface area contributed by atoms with E-state index in [0.717, 1.165) is 53.1 Å². The van der Waals surface area contributed by atoms with E-state index in [1.807, 2.05) is 55.5 Å². The summed E-state index contributed by atoms with van der Waals surface area (Å²) in [7, 11) is 0. The zero-order valence-corrected chi connectivity index (χ0v) is 26.0. The second-order valence-corrected chi connectivity index (χ2v) is 9.95. The Kier molecular flexibility index (Phi) is 15.1. The molecule has 0 aliphatic rings. The molecule has 3 aromatic rings. The van der Waals surface area contributed by atoms with Crippen molar-refractivity contribution in [2.24, 2.45) is 4.99 Å². The van der Waals surface area contributed by atoms with Gasteiger partial charge in [0.15, 0.2) is 0 Å². The highest BCUT2D eigenvalue weighted by Crippen LogP contribution is 2.24. The minimum atomic E-state index is -0.494. The Morgan fingerprint density at radius 2 is 1.15 bits per heavy atom. The van der Waals surface area contributed by atoms with Gasteiger partial charge in [-0.15, -0.1) is 0 Å². The third-order valence-electron chi connectivity index (χ3n) is 6.35. The summed E-state index contributed by atoms with van der Waals surface area (Å²) in [5, 5.41) is 0. The molecule has 0 spiro atoms. The average molecular weight is 626 g/mol. The highest BCUT2D eigenvalue weighted by molar-refractivity contribution is 5.89. The first-order valence-corrected chi connectivity index (χ1v) is 14.9. The van der Waals surface area contributed by atoms with E-state index >= 15 is 0 Å². The van der Waals surface area contributed by atoms with E-state index in [-0.39, 0.29) is 0 Å². The quantitative estimate of drug-likeness (QED) is 0.0455. The lowest BCUT2D eigenvalue weighted by Gasteiger charge is -2.07. The van der Waals surface area contributed by atoms with Gasteiger partial charge in [-0.25, -0.2) is 14.4 Å². The Morgan fingerprint density at radius 1 is 0.652 bits per heavy atom. The van der Waals surface area contributed by atoms with Crippen LogP contribution in [0.25, 0.3) is 6.08 Å². The third-order valence-corrected chi connectivity index (χ3v) is 6.35. The standard InChI is InChI=1S/C37H39NO8/c1-4-35(39)44-24-8-6-22-42-31-15-10-29(11-16-31)14-21-37(41)46-33-19-20-34(28(3)26-33)38-27-30-12-17-32(18-13-30)43-23-7-9-25-45-36(40)5-2/h4-5,10-21,26-27H,1-2,6-9,22-25H2,3H3/b21-14+,38-27+. The van der Waals surface area contributed by atoms with Crippen LogP contribution in [0, 0.1) is 6.92 Å². The molecule has 0 aliphatic heterocycles. The molecule has 0 saturated carbocycles. The average Bonchev–Trinajstić information content (AvgIpc) is 3.07. The van der Waals surface area contributed by atoms with E-state index in [2.05, 4.69) is 18.2 Å². The largest absolute Gasteiger partial charge is 0.494 e.